The van der Waals surface area contributed by atoms with Crippen molar-refractivity contribution in [3.63, 3.8) is 0 Å². The van der Waals surface area contributed by atoms with Crippen molar-refractivity contribution in [3.8, 4) is 34.0 Å². The second kappa shape index (κ2) is 10.0. The van der Waals surface area contributed by atoms with Gasteiger partial charge in [-0.05, 0) is 60.0 Å². The standard InChI is InChI=1S/C30H26N6O3/c1-3-24(38)35-21-9-7-19(8-10-21)28-26-23-12-11-22(39-25-6-4-5-18(2)34-25)15-20(23)16-31-29-27(26)30(33-17-32-29)36(28)13-14-37/h3-12,15,17,37H,1,13-14,16H2,2H3,(H,35,38)(H,31,32,33). The summed E-state index contributed by atoms with van der Waals surface area (Å²) in [4.78, 5) is 25.4. The van der Waals surface area contributed by atoms with E-state index in [0.717, 1.165) is 50.5 Å². The molecular formula is C30H26N6O3. The Bertz CT molecular complexity index is 1730. The molecule has 1 aliphatic rings. The van der Waals surface area contributed by atoms with Crippen molar-refractivity contribution in [2.24, 2.45) is 0 Å². The van der Waals surface area contributed by atoms with Crippen LogP contribution in [0.2, 0.25) is 0 Å². The van der Waals surface area contributed by atoms with Gasteiger partial charge in [0.1, 0.15) is 23.5 Å². The van der Waals surface area contributed by atoms with Gasteiger partial charge < -0.3 is 25.0 Å². The van der Waals surface area contributed by atoms with Crippen molar-refractivity contribution in [1.82, 2.24) is 19.5 Å². The normalized spacial score (nSPS) is 11.8. The highest BCUT2D eigenvalue weighted by atomic mass is 16.5. The number of aliphatic hydroxyl groups excluding tert-OH is 1. The lowest BCUT2D eigenvalue weighted by atomic mass is 9.95. The molecule has 2 aromatic carbocycles. The maximum absolute atomic E-state index is 11.8. The van der Waals surface area contributed by atoms with Crippen molar-refractivity contribution in [1.29, 1.82) is 0 Å². The van der Waals surface area contributed by atoms with E-state index in [4.69, 9.17) is 4.74 Å². The number of aryl methyl sites for hydroxylation is 1. The number of nitrogens with zero attached hydrogens (tertiary/aromatic N) is 4. The van der Waals surface area contributed by atoms with Crippen LogP contribution in [-0.4, -0.2) is 37.1 Å². The quantitative estimate of drug-likeness (QED) is 0.250. The Balaban J connectivity index is 1.52. The lowest BCUT2D eigenvalue weighted by Gasteiger charge is -2.15. The van der Waals surface area contributed by atoms with Crippen LogP contribution < -0.4 is 15.4 Å². The number of aromatic nitrogens is 4. The van der Waals surface area contributed by atoms with Crippen LogP contribution in [0.4, 0.5) is 11.5 Å². The molecule has 194 valence electrons. The summed E-state index contributed by atoms with van der Waals surface area (Å²) in [5, 5.41) is 17.1. The van der Waals surface area contributed by atoms with Crippen LogP contribution in [0.1, 0.15) is 11.3 Å². The van der Waals surface area contributed by atoms with Gasteiger partial charge in [0.15, 0.2) is 0 Å². The molecule has 9 nitrogen and oxygen atoms in total. The number of carbonyl (C=O) groups is 1. The molecule has 39 heavy (non-hydrogen) atoms. The van der Waals surface area contributed by atoms with Crippen LogP contribution in [0.3, 0.4) is 0 Å². The molecule has 0 bridgehead atoms. The third-order valence-corrected chi connectivity index (χ3v) is 6.65. The van der Waals surface area contributed by atoms with Crippen molar-refractivity contribution in [2.45, 2.75) is 20.0 Å². The number of hydrogen-bond acceptors (Lipinski definition) is 7. The van der Waals surface area contributed by atoms with E-state index in [1.807, 2.05) is 72.2 Å². The molecule has 0 saturated heterocycles. The SMILES string of the molecule is C=CC(=O)Nc1ccc(-c2c3c4c(ncnc4n2CCO)NCc2cc(Oc4cccc(C)n4)ccc2-3)cc1. The van der Waals surface area contributed by atoms with Gasteiger partial charge in [-0.2, -0.15) is 0 Å². The van der Waals surface area contributed by atoms with E-state index in [-0.39, 0.29) is 12.5 Å². The number of ether oxygens (including phenoxy) is 1. The first kappa shape index (κ1) is 24.3. The zero-order valence-corrected chi connectivity index (χ0v) is 21.3. The second-order valence-corrected chi connectivity index (χ2v) is 9.18. The van der Waals surface area contributed by atoms with Gasteiger partial charge in [0, 0.05) is 36.1 Å². The molecule has 1 aliphatic heterocycles. The number of amides is 1. The van der Waals surface area contributed by atoms with Crippen LogP contribution in [0.5, 0.6) is 11.6 Å². The van der Waals surface area contributed by atoms with Gasteiger partial charge >= 0.3 is 0 Å². The van der Waals surface area contributed by atoms with E-state index in [2.05, 4.69) is 32.2 Å². The van der Waals surface area contributed by atoms with E-state index < -0.39 is 0 Å². The monoisotopic (exact) mass is 518 g/mol. The third kappa shape index (κ3) is 4.49. The molecule has 3 aromatic heterocycles. The number of carbonyl (C=O) groups excluding carboxylic acids is 1. The Kier molecular flexibility index (Phi) is 6.26. The Hall–Kier alpha value is -5.02. The molecular weight excluding hydrogens is 492 g/mol. The smallest absolute Gasteiger partial charge is 0.247 e. The summed E-state index contributed by atoms with van der Waals surface area (Å²) in [7, 11) is 0. The molecule has 0 unspecified atom stereocenters. The fourth-order valence-corrected chi connectivity index (χ4v) is 4.99. The molecule has 4 heterocycles. The van der Waals surface area contributed by atoms with Crippen LogP contribution in [0.25, 0.3) is 33.4 Å². The number of pyridine rings is 1. The van der Waals surface area contributed by atoms with Gasteiger partial charge in [-0.3, -0.25) is 4.79 Å². The molecule has 0 fully saturated rings. The molecule has 3 N–H and O–H groups in total. The van der Waals surface area contributed by atoms with Gasteiger partial charge in [-0.1, -0.05) is 30.8 Å². The van der Waals surface area contributed by atoms with Crippen molar-refractivity contribution in [2.75, 3.05) is 17.2 Å². The minimum absolute atomic E-state index is 0.0560. The number of fused-ring (bicyclic) bond motifs is 2. The lowest BCUT2D eigenvalue weighted by Crippen LogP contribution is -2.08. The first-order valence-electron chi connectivity index (χ1n) is 12.6. The average Bonchev–Trinajstić information content (AvgIpc) is 3.17. The molecule has 6 rings (SSSR count). The number of aliphatic hydroxyl groups is 1. The highest BCUT2D eigenvalue weighted by Gasteiger charge is 2.27. The Labute approximate surface area is 224 Å². The molecule has 0 atom stereocenters. The zero-order chi connectivity index (χ0) is 26.9. The largest absolute Gasteiger partial charge is 0.439 e. The fraction of sp³-hybridized carbons (Fsp3) is 0.133. The minimum Gasteiger partial charge on any atom is -0.439 e. The number of rotatable bonds is 7. The number of nitrogens with one attached hydrogen (secondary N) is 2. The molecule has 0 spiro atoms. The van der Waals surface area contributed by atoms with Crippen molar-refractivity contribution in [3.05, 3.63) is 90.9 Å². The zero-order valence-electron chi connectivity index (χ0n) is 21.3. The van der Waals surface area contributed by atoms with E-state index in [0.29, 0.717) is 30.4 Å². The van der Waals surface area contributed by atoms with Crippen molar-refractivity contribution < 1.29 is 14.6 Å². The number of benzene rings is 2. The van der Waals surface area contributed by atoms with Crippen LogP contribution in [0, 0.1) is 6.92 Å². The summed E-state index contributed by atoms with van der Waals surface area (Å²) in [6.45, 7) is 6.28. The molecule has 0 radical (unpaired) electrons. The number of anilines is 2. The highest BCUT2D eigenvalue weighted by molar-refractivity contribution is 6.09. The third-order valence-electron chi connectivity index (χ3n) is 6.65. The van der Waals surface area contributed by atoms with Gasteiger partial charge in [0.2, 0.25) is 11.8 Å². The first-order valence-corrected chi connectivity index (χ1v) is 12.6. The first-order chi connectivity index (χ1) is 19.1. The molecule has 0 saturated carbocycles. The summed E-state index contributed by atoms with van der Waals surface area (Å²) in [6, 6.07) is 19.3. The summed E-state index contributed by atoms with van der Waals surface area (Å²) in [5.74, 6) is 1.66. The average molecular weight is 519 g/mol. The number of hydrogen-bond donors (Lipinski definition) is 3. The van der Waals surface area contributed by atoms with E-state index in [1.165, 1.54) is 12.4 Å². The maximum atomic E-state index is 11.8. The Morgan fingerprint density at radius 1 is 1.18 bits per heavy atom. The topological polar surface area (TPSA) is 114 Å². The lowest BCUT2D eigenvalue weighted by molar-refractivity contribution is -0.111. The Morgan fingerprint density at radius 2 is 2.03 bits per heavy atom. The van der Waals surface area contributed by atoms with Crippen LogP contribution >= 0.6 is 0 Å². The van der Waals surface area contributed by atoms with Crippen LogP contribution in [0.15, 0.2) is 79.6 Å². The maximum Gasteiger partial charge on any atom is 0.247 e. The van der Waals surface area contributed by atoms with Crippen LogP contribution in [-0.2, 0) is 17.9 Å². The predicted molar refractivity (Wildman–Crippen MR) is 151 cm³/mol. The second-order valence-electron chi connectivity index (χ2n) is 9.18. The van der Waals surface area contributed by atoms with E-state index >= 15 is 0 Å². The minimum atomic E-state index is -0.275. The highest BCUT2D eigenvalue weighted by Crippen LogP contribution is 2.46. The predicted octanol–water partition coefficient (Wildman–Crippen LogP) is 5.30. The van der Waals surface area contributed by atoms with Gasteiger partial charge in [-0.15, -0.1) is 0 Å². The Morgan fingerprint density at radius 3 is 2.79 bits per heavy atom. The molecule has 9 heteroatoms. The summed E-state index contributed by atoms with van der Waals surface area (Å²) in [6.07, 6.45) is 2.77. The molecule has 0 aliphatic carbocycles. The summed E-state index contributed by atoms with van der Waals surface area (Å²) >= 11 is 0. The van der Waals surface area contributed by atoms with E-state index in [9.17, 15) is 9.90 Å². The van der Waals surface area contributed by atoms with Gasteiger partial charge in [0.25, 0.3) is 0 Å². The van der Waals surface area contributed by atoms with Gasteiger partial charge in [-0.25, -0.2) is 15.0 Å². The molecule has 1 amide bonds. The van der Waals surface area contributed by atoms with Gasteiger partial charge in [0.05, 0.1) is 17.7 Å². The van der Waals surface area contributed by atoms with Crippen molar-refractivity contribution >= 4 is 28.4 Å². The molecule has 5 aromatic rings. The summed E-state index contributed by atoms with van der Waals surface area (Å²) in [5.41, 5.74) is 7.10. The van der Waals surface area contributed by atoms with E-state index in [1.54, 1.807) is 0 Å². The summed E-state index contributed by atoms with van der Waals surface area (Å²) < 4.78 is 8.10. The fourth-order valence-electron chi connectivity index (χ4n) is 4.99.